The standard InChI is InChI=1S/C15H21N3O3.ClH/c16-8-12-6-7-13(21-12)15(20)18(10-14(17)19)9-11-4-2-1-3-5-11;/h1-5,12-13H,6-10,16H2,(H2,17,19);1H/t12-,13+;/m1./s1. The number of nitrogens with two attached hydrogens (primary N) is 2. The first-order valence-corrected chi connectivity index (χ1v) is 7.06. The fraction of sp³-hybridized carbons (Fsp3) is 0.467. The van der Waals surface area contributed by atoms with Crippen molar-refractivity contribution in [2.75, 3.05) is 13.1 Å². The molecule has 1 aliphatic rings. The van der Waals surface area contributed by atoms with Crippen LogP contribution in [0.4, 0.5) is 0 Å². The quantitative estimate of drug-likeness (QED) is 0.791. The van der Waals surface area contributed by atoms with Crippen molar-refractivity contribution in [2.24, 2.45) is 11.5 Å². The van der Waals surface area contributed by atoms with E-state index in [1.807, 2.05) is 30.3 Å². The molecule has 4 N–H and O–H groups in total. The Balaban J connectivity index is 0.00000242. The third-order valence-corrected chi connectivity index (χ3v) is 3.52. The van der Waals surface area contributed by atoms with Gasteiger partial charge < -0.3 is 21.1 Å². The van der Waals surface area contributed by atoms with Gasteiger partial charge in [0.05, 0.1) is 12.6 Å². The van der Waals surface area contributed by atoms with E-state index in [9.17, 15) is 9.59 Å². The summed E-state index contributed by atoms with van der Waals surface area (Å²) in [7, 11) is 0. The van der Waals surface area contributed by atoms with E-state index in [0.29, 0.717) is 19.5 Å². The highest BCUT2D eigenvalue weighted by Gasteiger charge is 2.33. The lowest BCUT2D eigenvalue weighted by atomic mass is 10.1. The van der Waals surface area contributed by atoms with E-state index < -0.39 is 12.0 Å². The molecule has 1 aliphatic heterocycles. The van der Waals surface area contributed by atoms with Crippen molar-refractivity contribution in [3.05, 3.63) is 35.9 Å². The molecule has 0 spiro atoms. The van der Waals surface area contributed by atoms with Crippen LogP contribution in [0.2, 0.25) is 0 Å². The highest BCUT2D eigenvalue weighted by atomic mass is 35.5. The molecule has 0 bridgehead atoms. The third-order valence-electron chi connectivity index (χ3n) is 3.52. The zero-order valence-electron chi connectivity index (χ0n) is 12.3. The van der Waals surface area contributed by atoms with Crippen molar-refractivity contribution in [3.8, 4) is 0 Å². The molecule has 0 unspecified atom stereocenters. The van der Waals surface area contributed by atoms with Gasteiger partial charge in [-0.25, -0.2) is 0 Å². The molecule has 2 amide bonds. The van der Waals surface area contributed by atoms with Crippen LogP contribution in [-0.2, 0) is 20.9 Å². The minimum absolute atomic E-state index is 0. The predicted octanol–water partition coefficient (Wildman–Crippen LogP) is 0.429. The molecular weight excluding hydrogens is 306 g/mol. The van der Waals surface area contributed by atoms with Gasteiger partial charge in [-0.3, -0.25) is 9.59 Å². The van der Waals surface area contributed by atoms with Crippen LogP contribution < -0.4 is 11.5 Å². The largest absolute Gasteiger partial charge is 0.368 e. The van der Waals surface area contributed by atoms with Gasteiger partial charge in [0.15, 0.2) is 0 Å². The molecule has 1 fully saturated rings. The molecule has 7 heteroatoms. The zero-order valence-corrected chi connectivity index (χ0v) is 13.1. The maximum absolute atomic E-state index is 12.5. The van der Waals surface area contributed by atoms with E-state index in [1.54, 1.807) is 0 Å². The lowest BCUT2D eigenvalue weighted by molar-refractivity contribution is -0.145. The smallest absolute Gasteiger partial charge is 0.252 e. The summed E-state index contributed by atoms with van der Waals surface area (Å²) in [5.41, 5.74) is 11.7. The van der Waals surface area contributed by atoms with E-state index in [4.69, 9.17) is 16.2 Å². The van der Waals surface area contributed by atoms with E-state index in [1.165, 1.54) is 4.90 Å². The number of ether oxygens (including phenoxy) is 1. The van der Waals surface area contributed by atoms with Crippen LogP contribution in [0.5, 0.6) is 0 Å². The first kappa shape index (κ1) is 18.4. The summed E-state index contributed by atoms with van der Waals surface area (Å²) < 4.78 is 5.60. The number of primary amides is 1. The lowest BCUT2D eigenvalue weighted by Gasteiger charge is -2.24. The second kappa shape index (κ2) is 8.73. The Morgan fingerprint density at radius 1 is 1.23 bits per heavy atom. The SMILES string of the molecule is Cl.NC[C@H]1CC[C@@H](C(=O)N(CC(N)=O)Cc2ccccc2)O1. The maximum atomic E-state index is 12.5. The summed E-state index contributed by atoms with van der Waals surface area (Å²) in [6.45, 7) is 0.634. The number of carbonyl (C=O) groups excluding carboxylic acids is 2. The molecule has 1 aromatic carbocycles. The number of nitrogens with zero attached hydrogens (tertiary/aromatic N) is 1. The normalized spacial score (nSPS) is 20.2. The van der Waals surface area contributed by atoms with Gasteiger partial charge >= 0.3 is 0 Å². The number of hydrogen-bond acceptors (Lipinski definition) is 4. The lowest BCUT2D eigenvalue weighted by Crippen LogP contribution is -2.43. The van der Waals surface area contributed by atoms with Gasteiger partial charge in [-0.1, -0.05) is 30.3 Å². The fourth-order valence-corrected chi connectivity index (χ4v) is 2.47. The van der Waals surface area contributed by atoms with Crippen LogP contribution in [0, 0.1) is 0 Å². The zero-order chi connectivity index (χ0) is 15.2. The summed E-state index contributed by atoms with van der Waals surface area (Å²) in [5.74, 6) is -0.735. The topological polar surface area (TPSA) is 98.7 Å². The van der Waals surface area contributed by atoms with Gasteiger partial charge in [0.2, 0.25) is 5.91 Å². The summed E-state index contributed by atoms with van der Waals surface area (Å²) in [6.07, 6.45) is 0.792. The van der Waals surface area contributed by atoms with Crippen LogP contribution in [0.1, 0.15) is 18.4 Å². The molecule has 1 heterocycles. The van der Waals surface area contributed by atoms with Crippen molar-refractivity contribution >= 4 is 24.2 Å². The second-order valence-electron chi connectivity index (χ2n) is 5.21. The number of halogens is 1. The van der Waals surface area contributed by atoms with Gasteiger partial charge in [-0.15, -0.1) is 12.4 Å². The van der Waals surface area contributed by atoms with E-state index in [2.05, 4.69) is 0 Å². The molecule has 122 valence electrons. The number of hydrogen-bond donors (Lipinski definition) is 2. The molecule has 0 aliphatic carbocycles. The van der Waals surface area contributed by atoms with Crippen molar-refractivity contribution in [2.45, 2.75) is 31.6 Å². The number of rotatable bonds is 6. The molecule has 0 saturated carbocycles. The van der Waals surface area contributed by atoms with Crippen LogP contribution in [0.25, 0.3) is 0 Å². The summed E-state index contributed by atoms with van der Waals surface area (Å²) >= 11 is 0. The van der Waals surface area contributed by atoms with Crippen molar-refractivity contribution < 1.29 is 14.3 Å². The highest BCUT2D eigenvalue weighted by Crippen LogP contribution is 2.21. The van der Waals surface area contributed by atoms with Crippen LogP contribution >= 0.6 is 12.4 Å². The number of benzene rings is 1. The van der Waals surface area contributed by atoms with Gasteiger partial charge in [-0.05, 0) is 18.4 Å². The van der Waals surface area contributed by atoms with Crippen molar-refractivity contribution in [1.82, 2.24) is 4.90 Å². The van der Waals surface area contributed by atoms with Crippen LogP contribution in [0.3, 0.4) is 0 Å². The Kier molecular flexibility index (Phi) is 7.31. The highest BCUT2D eigenvalue weighted by molar-refractivity contribution is 5.86. The monoisotopic (exact) mass is 327 g/mol. The summed E-state index contributed by atoms with van der Waals surface area (Å²) in [6, 6.07) is 9.48. The third kappa shape index (κ3) is 4.98. The van der Waals surface area contributed by atoms with Gasteiger partial charge in [0.1, 0.15) is 6.10 Å². The average molecular weight is 328 g/mol. The minimum atomic E-state index is -0.535. The molecular formula is C15H22ClN3O3. The molecule has 22 heavy (non-hydrogen) atoms. The minimum Gasteiger partial charge on any atom is -0.368 e. The Hall–Kier alpha value is -1.63. The molecule has 1 aromatic rings. The van der Waals surface area contributed by atoms with Crippen molar-refractivity contribution in [3.63, 3.8) is 0 Å². The second-order valence-corrected chi connectivity index (χ2v) is 5.21. The number of carbonyl (C=O) groups is 2. The predicted molar refractivity (Wildman–Crippen MR) is 85.3 cm³/mol. The van der Waals surface area contributed by atoms with Crippen LogP contribution in [-0.4, -0.2) is 42.0 Å². The fourth-order valence-electron chi connectivity index (χ4n) is 2.47. The first-order valence-electron chi connectivity index (χ1n) is 7.06. The summed E-state index contributed by atoms with van der Waals surface area (Å²) in [5, 5.41) is 0. The van der Waals surface area contributed by atoms with Crippen LogP contribution in [0.15, 0.2) is 30.3 Å². The molecule has 0 aromatic heterocycles. The molecule has 2 rings (SSSR count). The van der Waals surface area contributed by atoms with Gasteiger partial charge in [0.25, 0.3) is 5.91 Å². The molecule has 0 radical (unpaired) electrons. The van der Waals surface area contributed by atoms with Gasteiger partial charge in [-0.2, -0.15) is 0 Å². The molecule has 2 atom stereocenters. The Labute approximate surface area is 136 Å². The Morgan fingerprint density at radius 3 is 2.45 bits per heavy atom. The molecule has 1 saturated heterocycles. The summed E-state index contributed by atoms with van der Waals surface area (Å²) in [4.78, 5) is 25.2. The average Bonchev–Trinajstić information content (AvgIpc) is 2.95. The van der Waals surface area contributed by atoms with E-state index in [0.717, 1.165) is 12.0 Å². The van der Waals surface area contributed by atoms with E-state index >= 15 is 0 Å². The van der Waals surface area contributed by atoms with Crippen molar-refractivity contribution in [1.29, 1.82) is 0 Å². The first-order chi connectivity index (χ1) is 10.1. The van der Waals surface area contributed by atoms with Gasteiger partial charge in [0, 0.05) is 13.1 Å². The van der Waals surface area contributed by atoms with E-state index in [-0.39, 0.29) is 31.0 Å². The Morgan fingerprint density at radius 2 is 1.91 bits per heavy atom. The Bertz CT molecular complexity index is 498. The number of amides is 2. The molecule has 6 nitrogen and oxygen atoms in total. The maximum Gasteiger partial charge on any atom is 0.252 e.